The quantitative estimate of drug-likeness (QED) is 0.893. The van der Waals surface area contributed by atoms with Crippen LogP contribution in [0, 0.1) is 0 Å². The third kappa shape index (κ3) is 2.45. The van der Waals surface area contributed by atoms with E-state index in [0.717, 1.165) is 23.7 Å². The van der Waals surface area contributed by atoms with Crippen LogP contribution in [0.5, 0.6) is 0 Å². The van der Waals surface area contributed by atoms with Crippen LogP contribution < -0.4 is 5.32 Å². The zero-order valence-electron chi connectivity index (χ0n) is 11.2. The maximum atomic E-state index is 5.90. The Hall–Kier alpha value is -1.54. The maximum absolute atomic E-state index is 5.90. The third-order valence-corrected chi connectivity index (χ3v) is 3.96. The Kier molecular flexibility index (Phi) is 2.98. The van der Waals surface area contributed by atoms with Crippen molar-refractivity contribution in [3.8, 4) is 0 Å². The third-order valence-electron chi connectivity index (χ3n) is 3.71. The first-order valence-corrected chi connectivity index (χ1v) is 6.90. The van der Waals surface area contributed by atoms with E-state index in [0.29, 0.717) is 0 Å². The predicted molar refractivity (Wildman–Crippen MR) is 80.0 cm³/mol. The summed E-state index contributed by atoms with van der Waals surface area (Å²) in [5, 5.41) is 4.24. The lowest BCUT2D eigenvalue weighted by atomic mass is 9.88. The number of hydrogen-bond acceptors (Lipinski definition) is 2. The van der Waals surface area contributed by atoms with Gasteiger partial charge in [0.2, 0.25) is 0 Å². The molecule has 1 aliphatic heterocycles. The minimum absolute atomic E-state index is 0.182. The van der Waals surface area contributed by atoms with Crippen LogP contribution in [-0.4, -0.2) is 11.5 Å². The van der Waals surface area contributed by atoms with Gasteiger partial charge in [-0.1, -0.05) is 37.6 Å². The molecule has 1 N–H and O–H groups in total. The Labute approximate surface area is 118 Å². The van der Waals surface area contributed by atoms with E-state index in [9.17, 15) is 0 Å². The van der Waals surface area contributed by atoms with E-state index in [1.807, 2.05) is 18.3 Å². The Morgan fingerprint density at radius 2 is 2.00 bits per heavy atom. The van der Waals surface area contributed by atoms with Crippen LogP contribution in [-0.2, 0) is 11.8 Å². The SMILES string of the molecule is CC1(C)CNc2cc(Cc3ccc(Cl)cc3)ncc21. The van der Waals surface area contributed by atoms with Crippen molar-refractivity contribution < 1.29 is 0 Å². The lowest BCUT2D eigenvalue weighted by molar-refractivity contribution is 0.584. The predicted octanol–water partition coefficient (Wildman–Crippen LogP) is 4.03. The van der Waals surface area contributed by atoms with Crippen LogP contribution in [0.4, 0.5) is 5.69 Å². The van der Waals surface area contributed by atoms with Gasteiger partial charge < -0.3 is 5.32 Å². The molecule has 1 aromatic carbocycles. The number of aromatic nitrogens is 1. The van der Waals surface area contributed by atoms with Crippen LogP contribution in [0.2, 0.25) is 5.02 Å². The number of fused-ring (bicyclic) bond motifs is 1. The van der Waals surface area contributed by atoms with Crippen molar-refractivity contribution in [1.29, 1.82) is 0 Å². The molecule has 1 aliphatic rings. The van der Waals surface area contributed by atoms with Gasteiger partial charge in [0.25, 0.3) is 0 Å². The molecule has 2 heterocycles. The minimum atomic E-state index is 0.182. The Morgan fingerprint density at radius 3 is 2.74 bits per heavy atom. The van der Waals surface area contributed by atoms with Gasteiger partial charge >= 0.3 is 0 Å². The summed E-state index contributed by atoms with van der Waals surface area (Å²) in [6, 6.07) is 10.1. The fraction of sp³-hybridized carbons (Fsp3) is 0.312. The molecule has 0 spiro atoms. The number of nitrogens with one attached hydrogen (secondary N) is 1. The van der Waals surface area contributed by atoms with E-state index in [1.165, 1.54) is 16.8 Å². The molecule has 0 atom stereocenters. The molecule has 0 aliphatic carbocycles. The first kappa shape index (κ1) is 12.5. The topological polar surface area (TPSA) is 24.9 Å². The number of pyridine rings is 1. The van der Waals surface area contributed by atoms with E-state index >= 15 is 0 Å². The van der Waals surface area contributed by atoms with Gasteiger partial charge in [-0.3, -0.25) is 4.98 Å². The molecule has 1 aromatic heterocycles. The molecule has 0 saturated carbocycles. The fourth-order valence-corrected chi connectivity index (χ4v) is 2.63. The largest absolute Gasteiger partial charge is 0.384 e. The lowest BCUT2D eigenvalue weighted by Crippen LogP contribution is -2.19. The second kappa shape index (κ2) is 4.53. The molecule has 19 heavy (non-hydrogen) atoms. The minimum Gasteiger partial charge on any atom is -0.384 e. The highest BCUT2D eigenvalue weighted by Gasteiger charge is 2.29. The van der Waals surface area contributed by atoms with Gasteiger partial charge in [0, 0.05) is 46.5 Å². The second-order valence-corrected chi connectivity index (χ2v) is 6.20. The summed E-state index contributed by atoms with van der Waals surface area (Å²) in [7, 11) is 0. The van der Waals surface area contributed by atoms with E-state index in [4.69, 9.17) is 11.6 Å². The average molecular weight is 273 g/mol. The summed E-state index contributed by atoms with van der Waals surface area (Å²) < 4.78 is 0. The number of halogens is 1. The molecule has 0 saturated heterocycles. The normalized spacial score (nSPS) is 15.9. The molecule has 0 radical (unpaired) electrons. The van der Waals surface area contributed by atoms with Crippen LogP contribution in [0.3, 0.4) is 0 Å². The Bertz CT molecular complexity index is 603. The van der Waals surface area contributed by atoms with Crippen molar-refractivity contribution in [2.45, 2.75) is 25.7 Å². The highest BCUT2D eigenvalue weighted by atomic mass is 35.5. The molecular formula is C16H17ClN2. The number of benzene rings is 1. The molecule has 2 aromatic rings. The molecule has 0 unspecified atom stereocenters. The van der Waals surface area contributed by atoms with Gasteiger partial charge in [0.05, 0.1) is 0 Å². The van der Waals surface area contributed by atoms with Crippen molar-refractivity contribution in [1.82, 2.24) is 4.98 Å². The van der Waals surface area contributed by atoms with Gasteiger partial charge in [-0.2, -0.15) is 0 Å². The van der Waals surface area contributed by atoms with Crippen molar-refractivity contribution in [2.75, 3.05) is 11.9 Å². The van der Waals surface area contributed by atoms with Crippen molar-refractivity contribution in [2.24, 2.45) is 0 Å². The van der Waals surface area contributed by atoms with Crippen LogP contribution in [0.25, 0.3) is 0 Å². The van der Waals surface area contributed by atoms with Crippen LogP contribution in [0.1, 0.15) is 30.7 Å². The molecule has 3 rings (SSSR count). The van der Waals surface area contributed by atoms with Crippen molar-refractivity contribution >= 4 is 17.3 Å². The average Bonchev–Trinajstić information content (AvgIpc) is 2.68. The van der Waals surface area contributed by atoms with E-state index in [-0.39, 0.29) is 5.41 Å². The molecule has 98 valence electrons. The smallest absolute Gasteiger partial charge is 0.0468 e. The Morgan fingerprint density at radius 1 is 1.26 bits per heavy atom. The summed E-state index contributed by atoms with van der Waals surface area (Å²) in [5.74, 6) is 0. The monoisotopic (exact) mass is 272 g/mol. The standard InChI is InChI=1S/C16H17ClN2/c1-16(2)10-19-15-8-13(18-9-14(15)16)7-11-3-5-12(17)6-4-11/h3-6,8-9,19H,7,10H2,1-2H3. The molecule has 0 bridgehead atoms. The summed E-state index contributed by atoms with van der Waals surface area (Å²) >= 11 is 5.90. The zero-order valence-corrected chi connectivity index (χ0v) is 12.0. The van der Waals surface area contributed by atoms with Crippen LogP contribution >= 0.6 is 11.6 Å². The summed E-state index contributed by atoms with van der Waals surface area (Å²) in [6.07, 6.45) is 2.85. The first-order valence-electron chi connectivity index (χ1n) is 6.52. The molecule has 2 nitrogen and oxygen atoms in total. The zero-order chi connectivity index (χ0) is 13.5. The van der Waals surface area contributed by atoms with Gasteiger partial charge in [-0.15, -0.1) is 0 Å². The highest BCUT2D eigenvalue weighted by molar-refractivity contribution is 6.30. The van der Waals surface area contributed by atoms with Gasteiger partial charge in [-0.05, 0) is 23.8 Å². The maximum Gasteiger partial charge on any atom is 0.0468 e. The van der Waals surface area contributed by atoms with Gasteiger partial charge in [0.1, 0.15) is 0 Å². The van der Waals surface area contributed by atoms with Gasteiger partial charge in [0.15, 0.2) is 0 Å². The molecule has 0 fully saturated rings. The van der Waals surface area contributed by atoms with Crippen molar-refractivity contribution in [3.63, 3.8) is 0 Å². The highest BCUT2D eigenvalue weighted by Crippen LogP contribution is 2.35. The van der Waals surface area contributed by atoms with Gasteiger partial charge in [-0.25, -0.2) is 0 Å². The van der Waals surface area contributed by atoms with E-state index < -0.39 is 0 Å². The van der Waals surface area contributed by atoms with Crippen LogP contribution in [0.15, 0.2) is 36.5 Å². The van der Waals surface area contributed by atoms with E-state index in [2.05, 4.69) is 42.3 Å². The summed E-state index contributed by atoms with van der Waals surface area (Å²) in [4.78, 5) is 4.59. The summed E-state index contributed by atoms with van der Waals surface area (Å²) in [5.41, 5.74) is 5.04. The number of nitrogens with zero attached hydrogens (tertiary/aromatic N) is 1. The molecular weight excluding hydrogens is 256 g/mol. The lowest BCUT2D eigenvalue weighted by Gasteiger charge is -2.16. The molecule has 3 heteroatoms. The first-order chi connectivity index (χ1) is 9.04. The number of hydrogen-bond donors (Lipinski definition) is 1. The molecule has 0 amide bonds. The number of anilines is 1. The fourth-order valence-electron chi connectivity index (χ4n) is 2.50. The summed E-state index contributed by atoms with van der Waals surface area (Å²) in [6.45, 7) is 5.47. The Balaban J connectivity index is 1.86. The second-order valence-electron chi connectivity index (χ2n) is 5.76. The number of rotatable bonds is 2. The van der Waals surface area contributed by atoms with Crippen molar-refractivity contribution in [3.05, 3.63) is 58.4 Å². The van der Waals surface area contributed by atoms with E-state index in [1.54, 1.807) is 0 Å².